The van der Waals surface area contributed by atoms with Gasteiger partial charge in [0, 0.05) is 0 Å². The summed E-state index contributed by atoms with van der Waals surface area (Å²) in [7, 11) is 0. The van der Waals surface area contributed by atoms with Crippen molar-refractivity contribution in [3.05, 3.63) is 0 Å². The lowest BCUT2D eigenvalue weighted by molar-refractivity contribution is -0.139. The maximum atomic E-state index is 11.0. The zero-order valence-electron chi connectivity index (χ0n) is 9.29. The van der Waals surface area contributed by atoms with Gasteiger partial charge in [-0.05, 0) is 42.4 Å². The summed E-state index contributed by atoms with van der Waals surface area (Å²) in [6.45, 7) is 6.47. The molecule has 2 aliphatic rings. The molecule has 3 unspecified atom stereocenters. The average Bonchev–Trinajstić information content (AvgIpc) is 2.88. The summed E-state index contributed by atoms with van der Waals surface area (Å²) in [5, 5.41) is 9.03. The normalized spacial score (nSPS) is 36.5. The quantitative estimate of drug-likeness (QED) is 0.750. The summed E-state index contributed by atoms with van der Waals surface area (Å²) >= 11 is 0. The van der Waals surface area contributed by atoms with Crippen LogP contribution in [0.15, 0.2) is 0 Å². The third-order valence-corrected chi connectivity index (χ3v) is 4.37. The van der Waals surface area contributed by atoms with E-state index in [9.17, 15) is 4.79 Å². The molecule has 0 amide bonds. The van der Waals surface area contributed by atoms with Crippen molar-refractivity contribution < 1.29 is 9.90 Å². The first-order valence-electron chi connectivity index (χ1n) is 5.67. The topological polar surface area (TPSA) is 37.3 Å². The van der Waals surface area contributed by atoms with Crippen molar-refractivity contribution in [3.63, 3.8) is 0 Å². The van der Waals surface area contributed by atoms with Crippen LogP contribution in [0.3, 0.4) is 0 Å². The van der Waals surface area contributed by atoms with E-state index in [0.29, 0.717) is 5.92 Å². The molecule has 0 aromatic heterocycles. The summed E-state index contributed by atoms with van der Waals surface area (Å²) in [4.78, 5) is 11.0. The first kappa shape index (κ1) is 10.0. The number of hydrogen-bond acceptors (Lipinski definition) is 1. The minimum Gasteiger partial charge on any atom is -0.481 e. The molecule has 2 rings (SSSR count). The number of rotatable bonds is 4. The molecule has 14 heavy (non-hydrogen) atoms. The van der Waals surface area contributed by atoms with Crippen LogP contribution < -0.4 is 0 Å². The van der Waals surface area contributed by atoms with Crippen molar-refractivity contribution in [1.29, 1.82) is 0 Å². The fourth-order valence-corrected chi connectivity index (χ4v) is 2.93. The van der Waals surface area contributed by atoms with E-state index in [4.69, 9.17) is 5.11 Å². The van der Waals surface area contributed by atoms with Crippen LogP contribution in [0.2, 0.25) is 0 Å². The Morgan fingerprint density at radius 1 is 1.50 bits per heavy atom. The van der Waals surface area contributed by atoms with Gasteiger partial charge >= 0.3 is 5.97 Å². The lowest BCUT2D eigenvalue weighted by atomic mass is 9.96. The van der Waals surface area contributed by atoms with E-state index in [1.165, 1.54) is 12.8 Å². The van der Waals surface area contributed by atoms with Gasteiger partial charge in [0.25, 0.3) is 0 Å². The SMILES string of the molecule is CC(CC1C(C(=O)O)C1(C)C)C1CC1. The van der Waals surface area contributed by atoms with Crippen LogP contribution in [0.1, 0.15) is 40.0 Å². The Balaban J connectivity index is 1.90. The van der Waals surface area contributed by atoms with E-state index in [1.54, 1.807) is 0 Å². The van der Waals surface area contributed by atoms with Crippen molar-refractivity contribution in [2.45, 2.75) is 40.0 Å². The van der Waals surface area contributed by atoms with Crippen LogP contribution in [0.25, 0.3) is 0 Å². The third-order valence-electron chi connectivity index (χ3n) is 4.37. The summed E-state index contributed by atoms with van der Waals surface area (Å²) in [6, 6.07) is 0. The van der Waals surface area contributed by atoms with Gasteiger partial charge in [-0.25, -0.2) is 0 Å². The van der Waals surface area contributed by atoms with Crippen LogP contribution >= 0.6 is 0 Å². The Bertz CT molecular complexity index is 253. The minimum atomic E-state index is -0.594. The van der Waals surface area contributed by atoms with E-state index in [1.807, 2.05) is 0 Å². The molecule has 0 heterocycles. The summed E-state index contributed by atoms with van der Waals surface area (Å²) in [5.74, 6) is 1.40. The second-order valence-corrected chi connectivity index (χ2v) is 5.79. The Morgan fingerprint density at radius 2 is 2.07 bits per heavy atom. The number of hydrogen-bond donors (Lipinski definition) is 1. The van der Waals surface area contributed by atoms with Crippen LogP contribution in [0.5, 0.6) is 0 Å². The van der Waals surface area contributed by atoms with Gasteiger partial charge in [0.15, 0.2) is 0 Å². The molecule has 2 saturated carbocycles. The molecule has 80 valence electrons. The molecule has 0 spiro atoms. The predicted molar refractivity (Wildman–Crippen MR) is 54.9 cm³/mol. The second kappa shape index (κ2) is 2.98. The second-order valence-electron chi connectivity index (χ2n) is 5.79. The molecule has 0 aliphatic heterocycles. The fraction of sp³-hybridized carbons (Fsp3) is 0.917. The average molecular weight is 196 g/mol. The highest BCUT2D eigenvalue weighted by molar-refractivity contribution is 5.75. The van der Waals surface area contributed by atoms with Crippen molar-refractivity contribution in [1.82, 2.24) is 0 Å². The molecule has 0 saturated heterocycles. The van der Waals surface area contributed by atoms with E-state index in [-0.39, 0.29) is 11.3 Å². The predicted octanol–water partition coefficient (Wildman–Crippen LogP) is 2.78. The molecule has 0 aromatic rings. The highest BCUT2D eigenvalue weighted by atomic mass is 16.4. The number of aliphatic carboxylic acids is 1. The Labute approximate surface area is 85.7 Å². The minimum absolute atomic E-state index is 0.0506. The zero-order chi connectivity index (χ0) is 10.5. The van der Waals surface area contributed by atoms with E-state index in [0.717, 1.165) is 18.3 Å². The van der Waals surface area contributed by atoms with Gasteiger partial charge in [-0.1, -0.05) is 20.8 Å². The Morgan fingerprint density at radius 3 is 2.43 bits per heavy atom. The number of carboxylic acid groups (broad SMARTS) is 1. The van der Waals surface area contributed by atoms with E-state index in [2.05, 4.69) is 20.8 Å². The summed E-state index contributed by atoms with van der Waals surface area (Å²) in [6.07, 6.45) is 3.85. The van der Waals surface area contributed by atoms with Crippen LogP contribution in [-0.4, -0.2) is 11.1 Å². The lowest BCUT2D eigenvalue weighted by Gasteiger charge is -2.09. The van der Waals surface area contributed by atoms with E-state index < -0.39 is 5.97 Å². The molecule has 2 nitrogen and oxygen atoms in total. The molecule has 0 bridgehead atoms. The zero-order valence-corrected chi connectivity index (χ0v) is 9.29. The maximum absolute atomic E-state index is 11.0. The smallest absolute Gasteiger partial charge is 0.307 e. The van der Waals surface area contributed by atoms with Gasteiger partial charge in [0.2, 0.25) is 0 Å². The molecular formula is C12H20O2. The van der Waals surface area contributed by atoms with Crippen molar-refractivity contribution in [2.75, 3.05) is 0 Å². The van der Waals surface area contributed by atoms with Gasteiger partial charge in [-0.15, -0.1) is 0 Å². The maximum Gasteiger partial charge on any atom is 0.307 e. The standard InChI is InChI=1S/C12H20O2/c1-7(8-4-5-8)6-9-10(11(13)14)12(9,2)3/h7-10H,4-6H2,1-3H3,(H,13,14). The van der Waals surface area contributed by atoms with Gasteiger partial charge in [-0.2, -0.15) is 0 Å². The monoisotopic (exact) mass is 196 g/mol. The Kier molecular flexibility index (Phi) is 2.13. The molecule has 3 atom stereocenters. The summed E-state index contributed by atoms with van der Waals surface area (Å²) in [5.41, 5.74) is 0.0506. The van der Waals surface area contributed by atoms with Crippen LogP contribution in [-0.2, 0) is 4.79 Å². The number of carboxylic acids is 1. The third kappa shape index (κ3) is 1.55. The largest absolute Gasteiger partial charge is 0.481 e. The molecule has 0 radical (unpaired) electrons. The van der Waals surface area contributed by atoms with Gasteiger partial charge < -0.3 is 5.11 Å². The molecular weight excluding hydrogens is 176 g/mol. The first-order valence-corrected chi connectivity index (χ1v) is 5.67. The lowest BCUT2D eigenvalue weighted by Crippen LogP contribution is -2.04. The molecule has 0 aromatic carbocycles. The first-order chi connectivity index (χ1) is 6.44. The van der Waals surface area contributed by atoms with Crippen LogP contribution in [0.4, 0.5) is 0 Å². The molecule has 1 N–H and O–H groups in total. The highest BCUT2D eigenvalue weighted by Crippen LogP contribution is 2.62. The molecule has 2 heteroatoms. The fourth-order valence-electron chi connectivity index (χ4n) is 2.93. The van der Waals surface area contributed by atoms with Crippen LogP contribution in [0, 0.1) is 29.1 Å². The highest BCUT2D eigenvalue weighted by Gasteiger charge is 2.62. The van der Waals surface area contributed by atoms with Crippen molar-refractivity contribution in [3.8, 4) is 0 Å². The Hall–Kier alpha value is -0.530. The van der Waals surface area contributed by atoms with Gasteiger partial charge in [0.1, 0.15) is 0 Å². The van der Waals surface area contributed by atoms with Crippen molar-refractivity contribution in [2.24, 2.45) is 29.1 Å². The number of carbonyl (C=O) groups is 1. The van der Waals surface area contributed by atoms with Gasteiger partial charge in [-0.3, -0.25) is 4.79 Å². The van der Waals surface area contributed by atoms with E-state index >= 15 is 0 Å². The molecule has 2 fully saturated rings. The van der Waals surface area contributed by atoms with Gasteiger partial charge in [0.05, 0.1) is 5.92 Å². The van der Waals surface area contributed by atoms with Crippen molar-refractivity contribution >= 4 is 5.97 Å². The molecule has 2 aliphatic carbocycles. The summed E-state index contributed by atoms with van der Waals surface area (Å²) < 4.78 is 0.